The highest BCUT2D eigenvalue weighted by Crippen LogP contribution is 2.19. The molecular weight excluding hydrogens is 376 g/mol. The van der Waals surface area contributed by atoms with E-state index in [-0.39, 0.29) is 5.91 Å². The molecule has 1 aliphatic heterocycles. The molecule has 2 heterocycles. The van der Waals surface area contributed by atoms with Crippen molar-refractivity contribution in [1.29, 1.82) is 0 Å². The van der Waals surface area contributed by atoms with E-state index in [2.05, 4.69) is 15.0 Å². The van der Waals surface area contributed by atoms with Crippen LogP contribution in [0.25, 0.3) is 11.5 Å². The number of hydrogen-bond acceptors (Lipinski definition) is 5. The number of halogens is 1. The molecule has 28 heavy (non-hydrogen) atoms. The van der Waals surface area contributed by atoms with Crippen LogP contribution in [0.4, 0.5) is 0 Å². The predicted octanol–water partition coefficient (Wildman–Crippen LogP) is 3.66. The van der Waals surface area contributed by atoms with E-state index in [1.807, 2.05) is 36.1 Å². The normalized spacial score (nSPS) is 15.0. The molecule has 0 saturated carbocycles. The third kappa shape index (κ3) is 4.24. The van der Waals surface area contributed by atoms with Crippen LogP contribution in [0.1, 0.15) is 21.7 Å². The molecule has 0 radical (unpaired) electrons. The van der Waals surface area contributed by atoms with Gasteiger partial charge in [0.05, 0.1) is 6.54 Å². The Morgan fingerprint density at radius 2 is 1.86 bits per heavy atom. The number of benzene rings is 2. The van der Waals surface area contributed by atoms with E-state index in [4.69, 9.17) is 16.1 Å². The lowest BCUT2D eigenvalue weighted by Crippen LogP contribution is -2.48. The molecule has 0 spiro atoms. The number of rotatable bonds is 4. The zero-order valence-electron chi connectivity index (χ0n) is 15.6. The summed E-state index contributed by atoms with van der Waals surface area (Å²) >= 11 is 5.90. The van der Waals surface area contributed by atoms with Crippen LogP contribution in [0.3, 0.4) is 0 Å². The van der Waals surface area contributed by atoms with Crippen LogP contribution in [0.2, 0.25) is 5.02 Å². The van der Waals surface area contributed by atoms with Crippen molar-refractivity contribution in [3.63, 3.8) is 0 Å². The van der Waals surface area contributed by atoms with E-state index in [1.165, 1.54) is 0 Å². The van der Waals surface area contributed by atoms with Gasteiger partial charge in [0.1, 0.15) is 0 Å². The van der Waals surface area contributed by atoms with E-state index in [0.29, 0.717) is 41.9 Å². The van der Waals surface area contributed by atoms with Gasteiger partial charge in [0, 0.05) is 42.3 Å². The van der Waals surface area contributed by atoms with Crippen molar-refractivity contribution >= 4 is 17.5 Å². The molecule has 144 valence electrons. The molecule has 0 unspecified atom stereocenters. The van der Waals surface area contributed by atoms with Crippen LogP contribution in [-0.4, -0.2) is 52.0 Å². The van der Waals surface area contributed by atoms with Crippen LogP contribution < -0.4 is 0 Å². The van der Waals surface area contributed by atoms with Crippen LogP contribution in [-0.2, 0) is 6.54 Å². The first kappa shape index (κ1) is 18.7. The van der Waals surface area contributed by atoms with E-state index >= 15 is 0 Å². The summed E-state index contributed by atoms with van der Waals surface area (Å²) in [6, 6.07) is 15.0. The summed E-state index contributed by atoms with van der Waals surface area (Å²) in [7, 11) is 0. The average molecular weight is 397 g/mol. The standard InChI is InChI=1S/C21H21ClN4O2/c1-15-3-2-4-17(13-15)20-23-19(24-28-20)14-25-9-11-26(12-10-25)21(27)16-5-7-18(22)8-6-16/h2-8,13H,9-12,14H2,1H3. The van der Waals surface area contributed by atoms with Crippen LogP contribution in [0.5, 0.6) is 0 Å². The quantitative estimate of drug-likeness (QED) is 0.673. The van der Waals surface area contributed by atoms with Gasteiger partial charge in [-0.25, -0.2) is 0 Å². The highest BCUT2D eigenvalue weighted by Gasteiger charge is 2.23. The molecular formula is C21H21ClN4O2. The van der Waals surface area contributed by atoms with Crippen molar-refractivity contribution in [3.05, 3.63) is 70.5 Å². The molecule has 3 aromatic rings. The Kier molecular flexibility index (Phi) is 5.41. The van der Waals surface area contributed by atoms with Gasteiger partial charge < -0.3 is 9.42 Å². The summed E-state index contributed by atoms with van der Waals surface area (Å²) in [5.74, 6) is 1.24. The summed E-state index contributed by atoms with van der Waals surface area (Å²) in [6.07, 6.45) is 0. The third-order valence-corrected chi connectivity index (χ3v) is 5.10. The Bertz CT molecular complexity index is 963. The van der Waals surface area contributed by atoms with Crippen LogP contribution >= 0.6 is 11.6 Å². The fourth-order valence-electron chi connectivity index (χ4n) is 3.30. The topological polar surface area (TPSA) is 62.5 Å². The third-order valence-electron chi connectivity index (χ3n) is 4.85. The Labute approximate surface area is 168 Å². The molecule has 4 rings (SSSR count). The lowest BCUT2D eigenvalue weighted by molar-refractivity contribution is 0.0624. The van der Waals surface area contributed by atoms with E-state index in [0.717, 1.165) is 24.2 Å². The number of carbonyl (C=O) groups is 1. The SMILES string of the molecule is Cc1cccc(-c2nc(CN3CCN(C(=O)c4ccc(Cl)cc4)CC3)no2)c1. The van der Waals surface area contributed by atoms with E-state index < -0.39 is 0 Å². The number of nitrogens with zero attached hydrogens (tertiary/aromatic N) is 4. The van der Waals surface area contributed by atoms with Crippen molar-refractivity contribution in [2.45, 2.75) is 13.5 Å². The minimum absolute atomic E-state index is 0.0395. The second-order valence-electron chi connectivity index (χ2n) is 6.96. The molecule has 0 aliphatic carbocycles. The van der Waals surface area contributed by atoms with Gasteiger partial charge in [0.25, 0.3) is 11.8 Å². The molecule has 1 saturated heterocycles. The van der Waals surface area contributed by atoms with Crippen molar-refractivity contribution in [3.8, 4) is 11.5 Å². The van der Waals surface area contributed by atoms with Gasteiger partial charge in [-0.2, -0.15) is 4.98 Å². The Morgan fingerprint density at radius 1 is 1.11 bits per heavy atom. The number of hydrogen-bond donors (Lipinski definition) is 0. The van der Waals surface area contributed by atoms with Crippen LogP contribution in [0, 0.1) is 6.92 Å². The number of carbonyl (C=O) groups excluding carboxylic acids is 1. The maximum Gasteiger partial charge on any atom is 0.257 e. The molecule has 1 fully saturated rings. The van der Waals surface area contributed by atoms with Gasteiger partial charge >= 0.3 is 0 Å². The first-order valence-electron chi connectivity index (χ1n) is 9.25. The fraction of sp³-hybridized carbons (Fsp3) is 0.286. The molecule has 1 aromatic heterocycles. The smallest absolute Gasteiger partial charge is 0.257 e. The predicted molar refractivity (Wildman–Crippen MR) is 107 cm³/mol. The highest BCUT2D eigenvalue weighted by molar-refractivity contribution is 6.30. The minimum atomic E-state index is 0.0395. The molecule has 7 heteroatoms. The number of amides is 1. The Morgan fingerprint density at radius 3 is 2.57 bits per heavy atom. The lowest BCUT2D eigenvalue weighted by Gasteiger charge is -2.34. The van der Waals surface area contributed by atoms with Gasteiger partial charge in [0.15, 0.2) is 5.82 Å². The summed E-state index contributed by atoms with van der Waals surface area (Å²) in [5.41, 5.74) is 2.75. The molecule has 1 amide bonds. The van der Waals surface area contributed by atoms with Crippen molar-refractivity contribution < 1.29 is 9.32 Å². The summed E-state index contributed by atoms with van der Waals surface area (Å²) in [4.78, 5) is 21.2. The van der Waals surface area contributed by atoms with Crippen molar-refractivity contribution in [2.75, 3.05) is 26.2 Å². The largest absolute Gasteiger partial charge is 0.336 e. The maximum atomic E-state index is 12.6. The van der Waals surface area contributed by atoms with Gasteiger partial charge in [-0.3, -0.25) is 9.69 Å². The molecule has 0 atom stereocenters. The minimum Gasteiger partial charge on any atom is -0.336 e. The van der Waals surface area contributed by atoms with Crippen molar-refractivity contribution in [1.82, 2.24) is 19.9 Å². The van der Waals surface area contributed by atoms with E-state index in [9.17, 15) is 4.79 Å². The average Bonchev–Trinajstić information content (AvgIpc) is 3.17. The number of aryl methyl sites for hydroxylation is 1. The summed E-state index contributed by atoms with van der Waals surface area (Å²) < 4.78 is 5.41. The monoisotopic (exact) mass is 396 g/mol. The van der Waals surface area contributed by atoms with Gasteiger partial charge in [0.2, 0.25) is 0 Å². The fourth-order valence-corrected chi connectivity index (χ4v) is 3.42. The van der Waals surface area contributed by atoms with E-state index in [1.54, 1.807) is 24.3 Å². The first-order valence-corrected chi connectivity index (χ1v) is 9.63. The Hall–Kier alpha value is -2.70. The van der Waals surface area contributed by atoms with Crippen LogP contribution in [0.15, 0.2) is 53.1 Å². The Balaban J connectivity index is 1.33. The molecule has 0 N–H and O–H groups in total. The van der Waals surface area contributed by atoms with Gasteiger partial charge in [-0.15, -0.1) is 0 Å². The second kappa shape index (κ2) is 8.12. The molecule has 1 aliphatic rings. The number of piperazine rings is 1. The first-order chi connectivity index (χ1) is 13.6. The maximum absolute atomic E-state index is 12.6. The van der Waals surface area contributed by atoms with Crippen molar-refractivity contribution in [2.24, 2.45) is 0 Å². The molecule has 0 bridgehead atoms. The van der Waals surface area contributed by atoms with Gasteiger partial charge in [-0.05, 0) is 43.3 Å². The van der Waals surface area contributed by atoms with Gasteiger partial charge in [-0.1, -0.05) is 34.5 Å². The summed E-state index contributed by atoms with van der Waals surface area (Å²) in [5, 5.41) is 4.74. The summed E-state index contributed by atoms with van der Waals surface area (Å²) in [6.45, 7) is 5.53. The highest BCUT2D eigenvalue weighted by atomic mass is 35.5. The zero-order valence-corrected chi connectivity index (χ0v) is 16.4. The lowest BCUT2D eigenvalue weighted by atomic mass is 10.1. The zero-order chi connectivity index (χ0) is 19.5. The molecule has 6 nitrogen and oxygen atoms in total. The second-order valence-corrected chi connectivity index (χ2v) is 7.40. The number of aromatic nitrogens is 2. The molecule has 2 aromatic carbocycles.